The summed E-state index contributed by atoms with van der Waals surface area (Å²) in [6.45, 7) is 4.44. The number of Topliss-reactive ketones (excluding diaryl/α,β-unsaturated/α-hetero) is 1. The third-order valence-electron chi connectivity index (χ3n) is 5.92. The molecular formula is C27H26N2O4. The average molecular weight is 443 g/mol. The Morgan fingerprint density at radius 1 is 1.00 bits per heavy atom. The van der Waals surface area contributed by atoms with Gasteiger partial charge in [-0.3, -0.25) is 14.6 Å². The van der Waals surface area contributed by atoms with Crippen LogP contribution in [0.5, 0.6) is 5.75 Å². The van der Waals surface area contributed by atoms with Crippen molar-refractivity contribution >= 4 is 17.4 Å². The van der Waals surface area contributed by atoms with Gasteiger partial charge in [0.05, 0.1) is 18.7 Å². The van der Waals surface area contributed by atoms with Gasteiger partial charge < -0.3 is 14.7 Å². The van der Waals surface area contributed by atoms with Crippen molar-refractivity contribution in [2.75, 3.05) is 7.11 Å². The molecule has 33 heavy (non-hydrogen) atoms. The molecule has 2 heterocycles. The summed E-state index contributed by atoms with van der Waals surface area (Å²) in [5, 5.41) is 11.2. The van der Waals surface area contributed by atoms with Crippen LogP contribution in [0.2, 0.25) is 0 Å². The Hall–Kier alpha value is -3.93. The molecule has 2 aromatic carbocycles. The van der Waals surface area contributed by atoms with Gasteiger partial charge in [0, 0.05) is 24.5 Å². The number of hydrogen-bond acceptors (Lipinski definition) is 5. The van der Waals surface area contributed by atoms with Gasteiger partial charge in [0.1, 0.15) is 11.5 Å². The zero-order chi connectivity index (χ0) is 23.5. The maximum absolute atomic E-state index is 13.2. The number of aliphatic hydroxyl groups is 1. The third-order valence-corrected chi connectivity index (χ3v) is 5.92. The number of likely N-dealkylation sites (tertiary alicyclic amines) is 1. The number of carbonyl (C=O) groups excluding carboxylic acids is 2. The lowest BCUT2D eigenvalue weighted by Crippen LogP contribution is -2.29. The van der Waals surface area contributed by atoms with Gasteiger partial charge in [-0.1, -0.05) is 38.1 Å². The van der Waals surface area contributed by atoms with Crippen LogP contribution in [0.15, 0.2) is 78.6 Å². The second-order valence-corrected chi connectivity index (χ2v) is 8.33. The smallest absolute Gasteiger partial charge is 0.295 e. The predicted octanol–water partition coefficient (Wildman–Crippen LogP) is 4.84. The van der Waals surface area contributed by atoms with Gasteiger partial charge >= 0.3 is 0 Å². The molecular weight excluding hydrogens is 416 g/mol. The van der Waals surface area contributed by atoms with Crippen LogP contribution in [0, 0.1) is 0 Å². The monoisotopic (exact) mass is 442 g/mol. The average Bonchev–Trinajstić information content (AvgIpc) is 3.09. The second-order valence-electron chi connectivity index (χ2n) is 8.33. The lowest BCUT2D eigenvalue weighted by atomic mass is 9.93. The molecule has 0 aliphatic carbocycles. The molecule has 0 radical (unpaired) electrons. The number of aliphatic hydroxyl groups excluding tert-OH is 1. The molecule has 1 atom stereocenters. The largest absolute Gasteiger partial charge is 0.507 e. The molecule has 3 aromatic rings. The molecule has 1 amide bonds. The van der Waals surface area contributed by atoms with Crippen LogP contribution in [0.4, 0.5) is 0 Å². The van der Waals surface area contributed by atoms with Crippen LogP contribution in [0.3, 0.4) is 0 Å². The Bertz CT molecular complexity index is 1180. The highest BCUT2D eigenvalue weighted by molar-refractivity contribution is 6.46. The number of ketones is 1. The highest BCUT2D eigenvalue weighted by Gasteiger charge is 2.46. The van der Waals surface area contributed by atoms with Crippen LogP contribution >= 0.6 is 0 Å². The number of rotatable bonds is 6. The van der Waals surface area contributed by atoms with E-state index >= 15 is 0 Å². The maximum atomic E-state index is 13.2. The van der Waals surface area contributed by atoms with Crippen LogP contribution in [0.1, 0.15) is 48.1 Å². The minimum Gasteiger partial charge on any atom is -0.507 e. The molecule has 0 bridgehead atoms. The van der Waals surface area contributed by atoms with E-state index in [2.05, 4.69) is 18.8 Å². The number of ether oxygens (including phenoxy) is 1. The summed E-state index contributed by atoms with van der Waals surface area (Å²) in [6.07, 6.45) is 3.30. The Kier molecular flexibility index (Phi) is 6.27. The van der Waals surface area contributed by atoms with E-state index < -0.39 is 17.7 Å². The first kappa shape index (κ1) is 22.3. The number of carbonyl (C=O) groups is 2. The fraction of sp³-hybridized carbons (Fsp3) is 0.222. The van der Waals surface area contributed by atoms with Crippen molar-refractivity contribution < 1.29 is 19.4 Å². The van der Waals surface area contributed by atoms with Gasteiger partial charge in [-0.15, -0.1) is 0 Å². The SMILES string of the molecule is COc1ccc(C(O)=C2C(=O)C(=O)N(Cc3ccncc3)C2c2ccc(C(C)C)cc2)cc1. The fourth-order valence-corrected chi connectivity index (χ4v) is 4.04. The number of amides is 1. The molecule has 1 saturated heterocycles. The Labute approximate surface area is 193 Å². The Balaban J connectivity index is 1.83. The second kappa shape index (κ2) is 9.28. The summed E-state index contributed by atoms with van der Waals surface area (Å²) in [7, 11) is 1.56. The summed E-state index contributed by atoms with van der Waals surface area (Å²) in [4.78, 5) is 31.8. The number of nitrogens with zero attached hydrogens (tertiary/aromatic N) is 2. The topological polar surface area (TPSA) is 79.7 Å². The van der Waals surface area contributed by atoms with Crippen molar-refractivity contribution in [1.82, 2.24) is 9.88 Å². The first-order valence-corrected chi connectivity index (χ1v) is 10.8. The van der Waals surface area contributed by atoms with Gasteiger partial charge in [0.25, 0.3) is 11.7 Å². The molecule has 6 heteroatoms. The van der Waals surface area contributed by atoms with Crippen molar-refractivity contribution in [3.05, 3.63) is 101 Å². The first-order valence-electron chi connectivity index (χ1n) is 10.8. The molecule has 1 aromatic heterocycles. The number of aromatic nitrogens is 1. The van der Waals surface area contributed by atoms with E-state index in [9.17, 15) is 14.7 Å². The molecule has 1 N–H and O–H groups in total. The standard InChI is InChI=1S/C27H26N2O4/c1-17(2)19-4-6-20(7-5-19)24-23(25(30)21-8-10-22(33-3)11-9-21)26(31)27(32)29(24)16-18-12-14-28-15-13-18/h4-15,17,24,30H,16H2,1-3H3. The van der Waals surface area contributed by atoms with Crippen molar-refractivity contribution in [1.29, 1.82) is 0 Å². The van der Waals surface area contributed by atoms with E-state index in [-0.39, 0.29) is 17.9 Å². The van der Waals surface area contributed by atoms with E-state index in [1.807, 2.05) is 36.4 Å². The van der Waals surface area contributed by atoms with Gasteiger partial charge in [0.15, 0.2) is 0 Å². The zero-order valence-electron chi connectivity index (χ0n) is 18.9. The first-order chi connectivity index (χ1) is 15.9. The third kappa shape index (κ3) is 4.37. The highest BCUT2D eigenvalue weighted by atomic mass is 16.5. The van der Waals surface area contributed by atoms with E-state index in [0.29, 0.717) is 17.2 Å². The van der Waals surface area contributed by atoms with Crippen molar-refractivity contribution in [2.45, 2.75) is 32.4 Å². The van der Waals surface area contributed by atoms with Crippen LogP contribution < -0.4 is 4.74 Å². The van der Waals surface area contributed by atoms with Crippen molar-refractivity contribution in [3.63, 3.8) is 0 Å². The summed E-state index contributed by atoms with van der Waals surface area (Å²) < 4.78 is 5.18. The molecule has 168 valence electrons. The summed E-state index contributed by atoms with van der Waals surface area (Å²) in [5.41, 5.74) is 3.29. The van der Waals surface area contributed by atoms with Gasteiger partial charge in [-0.25, -0.2) is 0 Å². The van der Waals surface area contributed by atoms with Gasteiger partial charge in [-0.05, 0) is 59.0 Å². The predicted molar refractivity (Wildman–Crippen MR) is 126 cm³/mol. The minimum absolute atomic E-state index is 0.0801. The molecule has 6 nitrogen and oxygen atoms in total. The van der Waals surface area contributed by atoms with Crippen molar-refractivity contribution in [2.24, 2.45) is 0 Å². The Morgan fingerprint density at radius 2 is 1.64 bits per heavy atom. The van der Waals surface area contributed by atoms with E-state index in [1.54, 1.807) is 43.8 Å². The lowest BCUT2D eigenvalue weighted by Gasteiger charge is -2.25. The van der Waals surface area contributed by atoms with Gasteiger partial charge in [0.2, 0.25) is 0 Å². The summed E-state index contributed by atoms with van der Waals surface area (Å²) in [5.74, 6) is -0.562. The molecule has 0 spiro atoms. The van der Waals surface area contributed by atoms with E-state index in [4.69, 9.17) is 4.74 Å². The van der Waals surface area contributed by atoms with Crippen LogP contribution in [-0.2, 0) is 16.1 Å². The normalized spacial score (nSPS) is 17.6. The molecule has 1 aliphatic rings. The molecule has 1 unspecified atom stereocenters. The van der Waals surface area contributed by atoms with Gasteiger partial charge in [-0.2, -0.15) is 0 Å². The van der Waals surface area contributed by atoms with Crippen molar-refractivity contribution in [3.8, 4) is 5.75 Å². The Morgan fingerprint density at radius 3 is 2.21 bits per heavy atom. The van der Waals surface area contributed by atoms with Crippen LogP contribution in [-0.4, -0.2) is 33.8 Å². The molecule has 1 aliphatic heterocycles. The minimum atomic E-state index is -0.707. The number of methoxy groups -OCH3 is 1. The van der Waals surface area contributed by atoms with Crippen LogP contribution in [0.25, 0.3) is 5.76 Å². The highest BCUT2D eigenvalue weighted by Crippen LogP contribution is 2.40. The molecule has 4 rings (SSSR count). The number of pyridine rings is 1. The van der Waals surface area contributed by atoms with E-state index in [0.717, 1.165) is 16.7 Å². The zero-order valence-corrected chi connectivity index (χ0v) is 18.9. The quantitative estimate of drug-likeness (QED) is 0.336. The lowest BCUT2D eigenvalue weighted by molar-refractivity contribution is -0.140. The summed E-state index contributed by atoms with van der Waals surface area (Å²) in [6, 6.07) is 17.5. The molecule has 1 fully saturated rings. The van der Waals surface area contributed by atoms with E-state index in [1.165, 1.54) is 4.90 Å². The molecule has 0 saturated carbocycles. The number of hydrogen-bond donors (Lipinski definition) is 1. The summed E-state index contributed by atoms with van der Waals surface area (Å²) >= 11 is 0. The number of benzene rings is 2. The maximum Gasteiger partial charge on any atom is 0.295 e. The fourth-order valence-electron chi connectivity index (χ4n) is 4.04.